The number of halogens is 1. The van der Waals surface area contributed by atoms with E-state index in [9.17, 15) is 9.18 Å². The second-order valence-electron chi connectivity index (χ2n) is 11.6. The minimum atomic E-state index is -1.32. The largest absolute Gasteiger partial charge is 0.494 e. The summed E-state index contributed by atoms with van der Waals surface area (Å²) in [5.41, 5.74) is 4.26. The molecule has 6 rings (SSSR count). The van der Waals surface area contributed by atoms with Crippen LogP contribution in [0, 0.1) is 5.82 Å². The maximum absolute atomic E-state index is 14.5. The number of amides is 1. The third kappa shape index (κ3) is 7.59. The highest BCUT2D eigenvalue weighted by atomic mass is 19.1. The summed E-state index contributed by atoms with van der Waals surface area (Å²) in [6.45, 7) is 0.823. The highest BCUT2D eigenvalue weighted by molar-refractivity contribution is 6.01. The Balaban J connectivity index is 1.36. The van der Waals surface area contributed by atoms with Gasteiger partial charge in [0.15, 0.2) is 11.6 Å². The lowest BCUT2D eigenvalue weighted by Gasteiger charge is -2.31. The van der Waals surface area contributed by atoms with Gasteiger partial charge in [-0.2, -0.15) is 0 Å². The Morgan fingerprint density at radius 1 is 0.787 bits per heavy atom. The van der Waals surface area contributed by atoms with Crippen molar-refractivity contribution in [2.75, 3.05) is 19.8 Å². The molecule has 0 fully saturated rings. The number of hydrogen-bond donors (Lipinski definition) is 2. The number of nitrogens with one attached hydrogen (secondary N) is 1. The van der Waals surface area contributed by atoms with Crippen molar-refractivity contribution in [2.45, 2.75) is 30.9 Å². The monoisotopic (exact) mass is 628 g/mol. The summed E-state index contributed by atoms with van der Waals surface area (Å²) in [6, 6.07) is 41.8. The number of rotatable bonds is 13. The SMILES string of the molecule is O=C(NCCc1ccc(F)cc1)[C@]1(Cc2ccccc2)N=C(c2ccc(OCCCO)cc2)O[C@@H]1c1ccc(-c2ccccc2)cc1. The number of carbonyl (C=O) groups is 1. The minimum Gasteiger partial charge on any atom is -0.494 e. The first-order chi connectivity index (χ1) is 23.0. The molecule has 238 valence electrons. The molecule has 7 heteroatoms. The predicted octanol–water partition coefficient (Wildman–Crippen LogP) is 7.11. The Hall–Kier alpha value is -5.27. The average molecular weight is 629 g/mol. The van der Waals surface area contributed by atoms with Crippen LogP contribution in [0.4, 0.5) is 4.39 Å². The van der Waals surface area contributed by atoms with E-state index in [2.05, 4.69) is 17.4 Å². The Morgan fingerprint density at radius 3 is 2.11 bits per heavy atom. The Labute approximate surface area is 274 Å². The van der Waals surface area contributed by atoms with Crippen molar-refractivity contribution in [1.82, 2.24) is 5.32 Å². The van der Waals surface area contributed by atoms with Gasteiger partial charge >= 0.3 is 0 Å². The van der Waals surface area contributed by atoms with Crippen molar-refractivity contribution < 1.29 is 23.8 Å². The van der Waals surface area contributed by atoms with Crippen molar-refractivity contribution in [3.8, 4) is 16.9 Å². The smallest absolute Gasteiger partial charge is 0.252 e. The van der Waals surface area contributed by atoms with E-state index in [1.54, 1.807) is 12.1 Å². The zero-order valence-corrected chi connectivity index (χ0v) is 26.0. The lowest BCUT2D eigenvalue weighted by atomic mass is 9.81. The normalized spacial score (nSPS) is 17.1. The summed E-state index contributed by atoms with van der Waals surface area (Å²) in [7, 11) is 0. The maximum atomic E-state index is 14.5. The molecule has 1 aliphatic heterocycles. The topological polar surface area (TPSA) is 80.2 Å². The van der Waals surface area contributed by atoms with E-state index >= 15 is 0 Å². The van der Waals surface area contributed by atoms with Gasteiger partial charge in [0.25, 0.3) is 5.91 Å². The molecule has 1 amide bonds. The fraction of sp³-hybridized carbons (Fsp3) is 0.200. The molecule has 1 aliphatic rings. The molecule has 0 aromatic heterocycles. The number of benzene rings is 5. The van der Waals surface area contributed by atoms with Gasteiger partial charge in [0, 0.05) is 31.6 Å². The molecule has 5 aromatic rings. The average Bonchev–Trinajstić information content (AvgIpc) is 3.50. The highest BCUT2D eigenvalue weighted by Gasteiger charge is 2.53. The first-order valence-corrected chi connectivity index (χ1v) is 15.9. The molecule has 1 heterocycles. The lowest BCUT2D eigenvalue weighted by molar-refractivity contribution is -0.128. The van der Waals surface area contributed by atoms with Gasteiger partial charge < -0.3 is 19.9 Å². The molecule has 0 saturated carbocycles. The quantitative estimate of drug-likeness (QED) is 0.136. The van der Waals surface area contributed by atoms with Crippen LogP contribution in [0.25, 0.3) is 11.1 Å². The number of aliphatic hydroxyl groups excluding tert-OH is 1. The molecule has 0 unspecified atom stereocenters. The van der Waals surface area contributed by atoms with E-state index in [1.165, 1.54) is 12.1 Å². The van der Waals surface area contributed by atoms with Crippen LogP contribution < -0.4 is 10.1 Å². The van der Waals surface area contributed by atoms with Gasteiger partial charge in [0.1, 0.15) is 11.6 Å². The second kappa shape index (κ2) is 14.9. The number of aliphatic imine (C=N–C) groups is 1. The standard InChI is InChI=1S/C40H37FN2O4/c41-35-20-12-29(13-21-35)24-25-42-39(45)40(28-30-8-3-1-4-9-30)37(33-16-14-32(15-17-33)31-10-5-2-6-11-31)47-38(43-40)34-18-22-36(23-19-34)46-27-7-26-44/h1-6,8-23,37,44H,7,24-28H2,(H,42,45)/t37-,40-/m1/s1. The van der Waals surface area contributed by atoms with Crippen LogP contribution >= 0.6 is 0 Å². The Morgan fingerprint density at radius 2 is 1.43 bits per heavy atom. The molecular formula is C40H37FN2O4. The summed E-state index contributed by atoms with van der Waals surface area (Å²) in [5.74, 6) is 0.492. The fourth-order valence-corrected chi connectivity index (χ4v) is 5.79. The number of aliphatic hydroxyl groups is 1. The molecular weight excluding hydrogens is 591 g/mol. The minimum absolute atomic E-state index is 0.0614. The van der Waals surface area contributed by atoms with Crippen molar-refractivity contribution in [1.29, 1.82) is 0 Å². The zero-order valence-electron chi connectivity index (χ0n) is 26.0. The molecule has 0 spiro atoms. The van der Waals surface area contributed by atoms with Crippen LogP contribution in [0.15, 0.2) is 138 Å². The van der Waals surface area contributed by atoms with E-state index in [-0.39, 0.29) is 18.3 Å². The van der Waals surface area contributed by atoms with E-state index in [0.717, 1.165) is 33.4 Å². The molecule has 2 N–H and O–H groups in total. The predicted molar refractivity (Wildman–Crippen MR) is 182 cm³/mol. The molecule has 2 atom stereocenters. The van der Waals surface area contributed by atoms with Crippen LogP contribution in [0.2, 0.25) is 0 Å². The fourth-order valence-electron chi connectivity index (χ4n) is 5.79. The molecule has 6 nitrogen and oxygen atoms in total. The van der Waals surface area contributed by atoms with Gasteiger partial charge in [-0.1, -0.05) is 97.1 Å². The first kappa shape index (κ1) is 31.7. The molecule has 0 aliphatic carbocycles. The van der Waals surface area contributed by atoms with Gasteiger partial charge in [-0.05, 0) is 70.6 Å². The van der Waals surface area contributed by atoms with Gasteiger partial charge in [0.05, 0.1) is 6.61 Å². The van der Waals surface area contributed by atoms with Gasteiger partial charge in [-0.3, -0.25) is 4.79 Å². The summed E-state index contributed by atoms with van der Waals surface area (Å²) >= 11 is 0. The Kier molecular flexibility index (Phi) is 10.0. The highest BCUT2D eigenvalue weighted by Crippen LogP contribution is 2.43. The number of ether oxygens (including phenoxy) is 2. The van der Waals surface area contributed by atoms with Crippen molar-refractivity contribution in [3.63, 3.8) is 0 Å². The second-order valence-corrected chi connectivity index (χ2v) is 11.6. The van der Waals surface area contributed by atoms with Crippen LogP contribution in [0.5, 0.6) is 5.75 Å². The molecule has 0 saturated heterocycles. The van der Waals surface area contributed by atoms with Crippen molar-refractivity contribution >= 4 is 11.8 Å². The van der Waals surface area contributed by atoms with Crippen molar-refractivity contribution in [3.05, 3.63) is 162 Å². The van der Waals surface area contributed by atoms with E-state index in [0.29, 0.717) is 44.1 Å². The Bertz CT molecular complexity index is 1780. The molecule has 5 aromatic carbocycles. The summed E-state index contributed by atoms with van der Waals surface area (Å²) in [4.78, 5) is 19.6. The third-order valence-corrected chi connectivity index (χ3v) is 8.28. The molecule has 47 heavy (non-hydrogen) atoms. The van der Waals surface area contributed by atoms with Crippen molar-refractivity contribution in [2.24, 2.45) is 4.99 Å². The first-order valence-electron chi connectivity index (χ1n) is 15.9. The number of carbonyl (C=O) groups excluding carboxylic acids is 1. The van der Waals surface area contributed by atoms with Gasteiger partial charge in [-0.15, -0.1) is 0 Å². The number of hydrogen-bond acceptors (Lipinski definition) is 5. The summed E-state index contributed by atoms with van der Waals surface area (Å²) in [6.07, 6.45) is 0.682. The molecule has 0 bridgehead atoms. The van der Waals surface area contributed by atoms with Gasteiger partial charge in [-0.25, -0.2) is 9.38 Å². The lowest BCUT2D eigenvalue weighted by Crippen LogP contribution is -2.50. The van der Waals surface area contributed by atoms with Crippen LogP contribution in [-0.2, 0) is 22.4 Å². The van der Waals surface area contributed by atoms with E-state index in [1.807, 2.05) is 97.1 Å². The zero-order chi connectivity index (χ0) is 32.5. The van der Waals surface area contributed by atoms with Crippen LogP contribution in [-0.4, -0.2) is 42.2 Å². The van der Waals surface area contributed by atoms with E-state index < -0.39 is 11.6 Å². The number of nitrogens with zero attached hydrogens (tertiary/aromatic N) is 1. The summed E-state index contributed by atoms with van der Waals surface area (Å²) < 4.78 is 25.9. The maximum Gasteiger partial charge on any atom is 0.252 e. The van der Waals surface area contributed by atoms with Crippen LogP contribution in [0.1, 0.15) is 34.8 Å². The third-order valence-electron chi connectivity index (χ3n) is 8.28. The van der Waals surface area contributed by atoms with E-state index in [4.69, 9.17) is 19.6 Å². The van der Waals surface area contributed by atoms with Gasteiger partial charge in [0.2, 0.25) is 5.90 Å². The van der Waals surface area contributed by atoms with Crippen LogP contribution in [0.3, 0.4) is 0 Å². The summed E-state index contributed by atoms with van der Waals surface area (Å²) in [5, 5.41) is 12.2. The molecule has 0 radical (unpaired) electrons.